The van der Waals surface area contributed by atoms with Gasteiger partial charge in [-0.05, 0) is 80.8 Å². The molecule has 0 bridgehead atoms. The predicted molar refractivity (Wildman–Crippen MR) is 156 cm³/mol. The molecule has 3 aromatic rings. The lowest BCUT2D eigenvalue weighted by molar-refractivity contribution is -0.110. The third-order valence-corrected chi connectivity index (χ3v) is 9.55. The average molecular weight is 569 g/mol. The molecule has 0 saturated carbocycles. The molecule has 2 aliphatic heterocycles. The van der Waals surface area contributed by atoms with Gasteiger partial charge in [0, 0.05) is 42.1 Å². The Morgan fingerprint density at radius 3 is 2.64 bits per heavy atom. The Hall–Kier alpha value is -3.11. The molecule has 10 heteroatoms. The van der Waals surface area contributed by atoms with Crippen LogP contribution in [0.1, 0.15) is 34.5 Å². The number of hydrogen-bond donors (Lipinski definition) is 2. The fourth-order valence-corrected chi connectivity index (χ4v) is 6.63. The van der Waals surface area contributed by atoms with E-state index >= 15 is 0 Å². The van der Waals surface area contributed by atoms with Crippen LogP contribution in [-0.2, 0) is 26.0 Å². The van der Waals surface area contributed by atoms with E-state index in [0.29, 0.717) is 27.5 Å². The molecule has 1 aromatic heterocycles. The second kappa shape index (κ2) is 11.2. The van der Waals surface area contributed by atoms with Crippen molar-refractivity contribution in [2.24, 2.45) is 0 Å². The number of anilines is 2. The lowest BCUT2D eigenvalue weighted by atomic mass is 10.0. The molecular formula is C29H33ClN4O4S. The molecule has 206 valence electrons. The zero-order chi connectivity index (χ0) is 27.7. The number of H-pyrrole nitrogens is 1. The van der Waals surface area contributed by atoms with E-state index in [2.05, 4.69) is 29.0 Å². The SMILES string of the molecule is Cc1[nH]c(/C=C2\C(=O)Nc3cc(S(=O)(=O)N(C)c4cccc(Cl)c4)ccc32)c(C)c1CCCN1CCOCC1. The Balaban J connectivity index is 1.36. The summed E-state index contributed by atoms with van der Waals surface area (Å²) in [6, 6.07) is 11.4. The summed E-state index contributed by atoms with van der Waals surface area (Å²) in [6.45, 7) is 8.75. The molecule has 0 unspecified atom stereocenters. The molecule has 0 radical (unpaired) electrons. The molecule has 0 aliphatic carbocycles. The molecular weight excluding hydrogens is 536 g/mol. The Morgan fingerprint density at radius 1 is 1.13 bits per heavy atom. The van der Waals surface area contributed by atoms with Crippen LogP contribution in [-0.4, -0.2) is 64.1 Å². The summed E-state index contributed by atoms with van der Waals surface area (Å²) in [5.74, 6) is -0.261. The van der Waals surface area contributed by atoms with Gasteiger partial charge in [0.15, 0.2) is 0 Å². The smallest absolute Gasteiger partial charge is 0.264 e. The Kier molecular flexibility index (Phi) is 7.87. The van der Waals surface area contributed by atoms with Crippen molar-refractivity contribution >= 4 is 50.6 Å². The van der Waals surface area contributed by atoms with Crippen molar-refractivity contribution in [1.29, 1.82) is 0 Å². The molecule has 2 aliphatic rings. The summed E-state index contributed by atoms with van der Waals surface area (Å²) in [5.41, 5.74) is 6.50. The molecule has 2 N–H and O–H groups in total. The van der Waals surface area contributed by atoms with Gasteiger partial charge >= 0.3 is 0 Å². The fourth-order valence-electron chi connectivity index (χ4n) is 5.23. The molecule has 1 amide bonds. The predicted octanol–water partition coefficient (Wildman–Crippen LogP) is 4.87. The van der Waals surface area contributed by atoms with Crippen molar-refractivity contribution in [3.05, 3.63) is 75.6 Å². The van der Waals surface area contributed by atoms with E-state index in [1.165, 1.54) is 29.0 Å². The van der Waals surface area contributed by atoms with Crippen LogP contribution in [0.5, 0.6) is 0 Å². The number of halogens is 1. The van der Waals surface area contributed by atoms with Crippen LogP contribution in [0.4, 0.5) is 11.4 Å². The zero-order valence-electron chi connectivity index (χ0n) is 22.4. The molecule has 3 heterocycles. The van der Waals surface area contributed by atoms with Crippen molar-refractivity contribution in [3.63, 3.8) is 0 Å². The van der Waals surface area contributed by atoms with Gasteiger partial charge in [-0.25, -0.2) is 8.42 Å². The number of nitrogens with one attached hydrogen (secondary N) is 2. The van der Waals surface area contributed by atoms with Crippen LogP contribution in [0.15, 0.2) is 47.4 Å². The number of carbonyl (C=O) groups excluding carboxylic acids is 1. The van der Waals surface area contributed by atoms with Gasteiger partial charge in [0.1, 0.15) is 0 Å². The Labute approximate surface area is 234 Å². The topological polar surface area (TPSA) is 94.7 Å². The van der Waals surface area contributed by atoms with Gasteiger partial charge in [-0.1, -0.05) is 23.7 Å². The Bertz CT molecular complexity index is 1540. The van der Waals surface area contributed by atoms with E-state index in [1.54, 1.807) is 30.3 Å². The largest absolute Gasteiger partial charge is 0.379 e. The summed E-state index contributed by atoms with van der Waals surface area (Å²) < 4.78 is 33.2. The molecule has 2 aromatic carbocycles. The minimum absolute atomic E-state index is 0.0831. The van der Waals surface area contributed by atoms with Crippen molar-refractivity contribution < 1.29 is 17.9 Å². The summed E-state index contributed by atoms with van der Waals surface area (Å²) in [7, 11) is -2.38. The lowest BCUT2D eigenvalue weighted by Crippen LogP contribution is -2.36. The van der Waals surface area contributed by atoms with E-state index in [1.807, 2.05) is 6.08 Å². The zero-order valence-corrected chi connectivity index (χ0v) is 24.0. The summed E-state index contributed by atoms with van der Waals surface area (Å²) in [4.78, 5) is 18.9. The number of rotatable bonds is 8. The first-order valence-corrected chi connectivity index (χ1v) is 14.9. The third kappa shape index (κ3) is 5.63. The number of amides is 1. The highest BCUT2D eigenvalue weighted by atomic mass is 35.5. The van der Waals surface area contributed by atoms with E-state index in [0.717, 1.165) is 62.6 Å². The average Bonchev–Trinajstić information content (AvgIpc) is 3.38. The molecule has 1 fully saturated rings. The van der Waals surface area contributed by atoms with Crippen molar-refractivity contribution in [2.45, 2.75) is 31.6 Å². The molecule has 0 atom stereocenters. The number of sulfonamides is 1. The van der Waals surface area contributed by atoms with Crippen LogP contribution < -0.4 is 9.62 Å². The molecule has 5 rings (SSSR count). The van der Waals surface area contributed by atoms with E-state index < -0.39 is 10.0 Å². The van der Waals surface area contributed by atoms with Crippen molar-refractivity contribution in [2.75, 3.05) is 49.5 Å². The van der Waals surface area contributed by atoms with Gasteiger partial charge in [-0.2, -0.15) is 0 Å². The number of benzene rings is 2. The van der Waals surface area contributed by atoms with Gasteiger partial charge in [0.2, 0.25) is 0 Å². The number of aryl methyl sites for hydroxylation is 1. The minimum Gasteiger partial charge on any atom is -0.379 e. The van der Waals surface area contributed by atoms with Crippen molar-refractivity contribution in [1.82, 2.24) is 9.88 Å². The number of nitrogens with zero attached hydrogens (tertiary/aromatic N) is 2. The van der Waals surface area contributed by atoms with E-state index in [9.17, 15) is 13.2 Å². The van der Waals surface area contributed by atoms with Crippen LogP contribution >= 0.6 is 11.6 Å². The first kappa shape index (κ1) is 27.5. The number of fused-ring (bicyclic) bond motifs is 1. The number of hydrogen-bond acceptors (Lipinski definition) is 5. The maximum atomic E-state index is 13.3. The second-order valence-electron chi connectivity index (χ2n) is 10.00. The fraction of sp³-hybridized carbons (Fsp3) is 0.345. The monoisotopic (exact) mass is 568 g/mol. The summed E-state index contributed by atoms with van der Waals surface area (Å²) >= 11 is 6.06. The second-order valence-corrected chi connectivity index (χ2v) is 12.4. The number of morpholine rings is 1. The number of ether oxygens (including phenoxy) is 1. The van der Waals surface area contributed by atoms with Crippen LogP contribution in [0.2, 0.25) is 5.02 Å². The molecule has 1 saturated heterocycles. The Morgan fingerprint density at radius 2 is 1.90 bits per heavy atom. The van der Waals surface area contributed by atoms with Gasteiger partial charge in [-0.3, -0.25) is 14.0 Å². The van der Waals surface area contributed by atoms with Gasteiger partial charge < -0.3 is 15.0 Å². The highest BCUT2D eigenvalue weighted by molar-refractivity contribution is 7.92. The summed E-state index contributed by atoms with van der Waals surface area (Å²) in [6.07, 6.45) is 3.87. The van der Waals surface area contributed by atoms with Crippen LogP contribution in [0.25, 0.3) is 11.6 Å². The molecule has 39 heavy (non-hydrogen) atoms. The standard InChI is InChI=1S/C29H33ClN4O4S/c1-19-24(8-5-11-34-12-14-38-15-13-34)20(2)31-27(19)18-26-25-10-9-23(17-28(25)32-29(26)35)39(36,37)33(3)22-7-4-6-21(30)16-22/h4,6-7,9-10,16-18,31H,5,8,11-15H2,1-3H3,(H,32,35)/b26-18-. The summed E-state index contributed by atoms with van der Waals surface area (Å²) in [5, 5.41) is 3.28. The number of aromatic nitrogens is 1. The lowest BCUT2D eigenvalue weighted by Gasteiger charge is -2.26. The maximum absolute atomic E-state index is 13.3. The maximum Gasteiger partial charge on any atom is 0.264 e. The highest BCUT2D eigenvalue weighted by Crippen LogP contribution is 2.36. The normalized spacial score (nSPS) is 16.9. The molecule has 8 nitrogen and oxygen atoms in total. The first-order valence-electron chi connectivity index (χ1n) is 13.1. The van der Waals surface area contributed by atoms with Crippen LogP contribution in [0.3, 0.4) is 0 Å². The minimum atomic E-state index is -3.86. The first-order chi connectivity index (χ1) is 18.6. The van der Waals surface area contributed by atoms with Gasteiger partial charge in [0.05, 0.1) is 35.1 Å². The molecule has 0 spiro atoms. The van der Waals surface area contributed by atoms with E-state index in [-0.39, 0.29) is 10.8 Å². The van der Waals surface area contributed by atoms with E-state index in [4.69, 9.17) is 16.3 Å². The van der Waals surface area contributed by atoms with Crippen LogP contribution in [0, 0.1) is 13.8 Å². The highest BCUT2D eigenvalue weighted by Gasteiger charge is 2.29. The third-order valence-electron chi connectivity index (χ3n) is 7.53. The van der Waals surface area contributed by atoms with Gasteiger partial charge in [0.25, 0.3) is 15.9 Å². The quantitative estimate of drug-likeness (QED) is 0.378. The van der Waals surface area contributed by atoms with Gasteiger partial charge in [-0.15, -0.1) is 0 Å². The van der Waals surface area contributed by atoms with Crippen molar-refractivity contribution in [3.8, 4) is 0 Å². The number of carbonyl (C=O) groups is 1. The number of aromatic amines is 1.